The van der Waals surface area contributed by atoms with E-state index < -0.39 is 10.0 Å². The van der Waals surface area contributed by atoms with Gasteiger partial charge in [-0.1, -0.05) is 12.8 Å². The maximum Gasteiger partial charge on any atom is 0.227 e. The number of anilines is 3. The largest absolute Gasteiger partial charge is 0.369 e. The number of rotatable bonds is 8. The van der Waals surface area contributed by atoms with Crippen LogP contribution >= 0.6 is 0 Å². The number of hydrogen-bond acceptors (Lipinski definition) is 8. The summed E-state index contributed by atoms with van der Waals surface area (Å²) < 4.78 is 27.0. The van der Waals surface area contributed by atoms with Gasteiger partial charge in [-0.15, -0.1) is 0 Å². The van der Waals surface area contributed by atoms with E-state index in [0.29, 0.717) is 44.5 Å². The van der Waals surface area contributed by atoms with Crippen molar-refractivity contribution in [1.82, 2.24) is 24.1 Å². The first-order valence-electron chi connectivity index (χ1n) is 12.7. The quantitative estimate of drug-likeness (QED) is 0.476. The predicted octanol–water partition coefficient (Wildman–Crippen LogP) is 3.81. The van der Waals surface area contributed by atoms with Crippen molar-refractivity contribution in [2.24, 2.45) is 5.92 Å². The van der Waals surface area contributed by atoms with Crippen molar-refractivity contribution in [2.75, 3.05) is 42.7 Å². The Morgan fingerprint density at radius 2 is 1.84 bits per heavy atom. The van der Waals surface area contributed by atoms with E-state index in [0.717, 1.165) is 35.5 Å². The summed E-state index contributed by atoms with van der Waals surface area (Å²) in [4.78, 5) is 11.2. The van der Waals surface area contributed by atoms with Gasteiger partial charge in [-0.3, -0.25) is 4.68 Å². The predicted molar refractivity (Wildman–Crippen MR) is 143 cm³/mol. The Bertz CT molecular complexity index is 1350. The van der Waals surface area contributed by atoms with Crippen molar-refractivity contribution in [3.63, 3.8) is 0 Å². The maximum atomic E-state index is 11.7. The highest BCUT2D eigenvalue weighted by molar-refractivity contribution is 7.88. The Labute approximate surface area is 218 Å². The van der Waals surface area contributed by atoms with Gasteiger partial charge in [0.1, 0.15) is 0 Å². The van der Waals surface area contributed by atoms with Gasteiger partial charge < -0.3 is 10.2 Å². The maximum absolute atomic E-state index is 11.7. The second kappa shape index (κ2) is 10.9. The van der Waals surface area contributed by atoms with Crippen LogP contribution in [0.2, 0.25) is 0 Å². The molecule has 37 heavy (non-hydrogen) atoms. The van der Waals surface area contributed by atoms with Gasteiger partial charge >= 0.3 is 0 Å². The minimum Gasteiger partial charge on any atom is -0.369 e. The van der Waals surface area contributed by atoms with Gasteiger partial charge in [0.05, 0.1) is 36.7 Å². The zero-order valence-corrected chi connectivity index (χ0v) is 21.8. The lowest BCUT2D eigenvalue weighted by Gasteiger charge is -2.34. The zero-order valence-electron chi connectivity index (χ0n) is 21.0. The zero-order chi connectivity index (χ0) is 25.8. The topological polar surface area (TPSA) is 120 Å². The SMILES string of the molecule is CS(=O)(=O)N1CCN(c2ccc(Nc3nccc(-c4cnn(C(CC#N)C5CCCC5)c4)n3)cc2)CC1. The monoisotopic (exact) mass is 520 g/mol. The van der Waals surface area contributed by atoms with E-state index >= 15 is 0 Å². The summed E-state index contributed by atoms with van der Waals surface area (Å²) in [7, 11) is -3.14. The number of sulfonamides is 1. The molecule has 1 aliphatic heterocycles. The molecule has 0 bridgehead atoms. The van der Waals surface area contributed by atoms with Gasteiger partial charge in [0.25, 0.3) is 0 Å². The number of hydrogen-bond donors (Lipinski definition) is 1. The first kappa shape index (κ1) is 25.2. The van der Waals surface area contributed by atoms with Crippen LogP contribution in [-0.4, -0.2) is 64.9 Å². The molecule has 1 saturated heterocycles. The Morgan fingerprint density at radius 1 is 1.11 bits per heavy atom. The van der Waals surface area contributed by atoms with E-state index in [4.69, 9.17) is 0 Å². The molecule has 0 amide bonds. The fraction of sp³-hybridized carbons (Fsp3) is 0.462. The van der Waals surface area contributed by atoms with Crippen molar-refractivity contribution in [2.45, 2.75) is 38.1 Å². The first-order valence-corrected chi connectivity index (χ1v) is 14.6. The minimum atomic E-state index is -3.14. The number of nitrogens with one attached hydrogen (secondary N) is 1. The summed E-state index contributed by atoms with van der Waals surface area (Å²) in [6, 6.07) is 12.3. The normalized spacial score (nSPS) is 18.0. The third-order valence-electron chi connectivity index (χ3n) is 7.33. The highest BCUT2D eigenvalue weighted by Crippen LogP contribution is 2.36. The van der Waals surface area contributed by atoms with E-state index in [2.05, 4.69) is 31.4 Å². The Balaban J connectivity index is 1.24. The first-order chi connectivity index (χ1) is 17.9. The summed E-state index contributed by atoms with van der Waals surface area (Å²) in [6.07, 6.45) is 12.0. The molecule has 11 heteroatoms. The fourth-order valence-corrected chi connectivity index (χ4v) is 6.13. The smallest absolute Gasteiger partial charge is 0.227 e. The fourth-order valence-electron chi connectivity index (χ4n) is 5.31. The van der Waals surface area contributed by atoms with Crippen LogP contribution < -0.4 is 10.2 Å². The van der Waals surface area contributed by atoms with Crippen LogP contribution in [0.4, 0.5) is 17.3 Å². The lowest BCUT2D eigenvalue weighted by Crippen LogP contribution is -2.48. The lowest BCUT2D eigenvalue weighted by atomic mass is 9.96. The number of aromatic nitrogens is 4. The second-order valence-corrected chi connectivity index (χ2v) is 11.8. The van der Waals surface area contributed by atoms with E-state index in [1.54, 1.807) is 6.20 Å². The number of piperazine rings is 1. The molecule has 1 aromatic carbocycles. The van der Waals surface area contributed by atoms with E-state index in [1.807, 2.05) is 47.4 Å². The van der Waals surface area contributed by atoms with Crippen LogP contribution in [0.3, 0.4) is 0 Å². The van der Waals surface area contributed by atoms with Gasteiger partial charge in [0.2, 0.25) is 16.0 Å². The summed E-state index contributed by atoms with van der Waals surface area (Å²) in [5.41, 5.74) is 3.58. The Hall–Kier alpha value is -3.49. The lowest BCUT2D eigenvalue weighted by molar-refractivity contribution is 0.315. The van der Waals surface area contributed by atoms with Gasteiger partial charge in [0.15, 0.2) is 0 Å². The molecular weight excluding hydrogens is 488 g/mol. The molecule has 2 aromatic heterocycles. The molecule has 1 N–H and O–H groups in total. The van der Waals surface area contributed by atoms with Gasteiger partial charge in [-0.05, 0) is 49.1 Å². The van der Waals surface area contributed by atoms with Crippen LogP contribution in [-0.2, 0) is 10.0 Å². The average molecular weight is 521 g/mol. The van der Waals surface area contributed by atoms with Crippen molar-refractivity contribution in [3.05, 3.63) is 48.9 Å². The van der Waals surface area contributed by atoms with E-state index in [-0.39, 0.29) is 6.04 Å². The van der Waals surface area contributed by atoms with Crippen LogP contribution in [0.25, 0.3) is 11.3 Å². The van der Waals surface area contributed by atoms with E-state index in [9.17, 15) is 13.7 Å². The third kappa shape index (κ3) is 5.92. The molecule has 5 rings (SSSR count). The molecule has 194 valence electrons. The van der Waals surface area contributed by atoms with Gasteiger partial charge in [-0.2, -0.15) is 14.7 Å². The van der Waals surface area contributed by atoms with Gasteiger partial charge in [0, 0.05) is 55.5 Å². The molecule has 1 unspecified atom stereocenters. The summed E-state index contributed by atoms with van der Waals surface area (Å²) in [5.74, 6) is 0.991. The van der Waals surface area contributed by atoms with Gasteiger partial charge in [-0.25, -0.2) is 18.4 Å². The third-order valence-corrected chi connectivity index (χ3v) is 8.64. The van der Waals surface area contributed by atoms with Crippen LogP contribution in [0.5, 0.6) is 0 Å². The molecule has 0 radical (unpaired) electrons. The molecule has 10 nitrogen and oxygen atoms in total. The summed E-state index contributed by atoms with van der Waals surface area (Å²) in [5, 5.41) is 17.2. The summed E-state index contributed by atoms with van der Waals surface area (Å²) in [6.45, 7) is 2.31. The van der Waals surface area contributed by atoms with E-state index in [1.165, 1.54) is 23.4 Å². The molecule has 2 fully saturated rings. The summed E-state index contributed by atoms with van der Waals surface area (Å²) >= 11 is 0. The van der Waals surface area contributed by atoms with Crippen molar-refractivity contribution in [3.8, 4) is 17.3 Å². The Morgan fingerprint density at radius 3 is 2.51 bits per heavy atom. The Kier molecular flexibility index (Phi) is 7.39. The minimum absolute atomic E-state index is 0.105. The highest BCUT2D eigenvalue weighted by atomic mass is 32.2. The molecule has 1 aliphatic carbocycles. The van der Waals surface area contributed by atoms with Crippen LogP contribution in [0, 0.1) is 17.2 Å². The molecule has 0 spiro atoms. The molecule has 1 saturated carbocycles. The van der Waals surface area contributed by atoms with Crippen molar-refractivity contribution in [1.29, 1.82) is 5.26 Å². The van der Waals surface area contributed by atoms with Crippen molar-refractivity contribution < 1.29 is 8.42 Å². The number of nitrogens with zero attached hydrogens (tertiary/aromatic N) is 7. The number of nitriles is 1. The highest BCUT2D eigenvalue weighted by Gasteiger charge is 2.27. The van der Waals surface area contributed by atoms with Crippen LogP contribution in [0.15, 0.2) is 48.9 Å². The second-order valence-electron chi connectivity index (χ2n) is 9.77. The molecule has 3 heterocycles. The average Bonchev–Trinajstić information content (AvgIpc) is 3.61. The van der Waals surface area contributed by atoms with Crippen LogP contribution in [0.1, 0.15) is 38.1 Å². The number of benzene rings is 1. The standard InChI is InChI=1S/C26H32N8O2S/c1-37(35,36)33-16-14-32(15-17-33)23-8-6-22(7-9-23)30-26-28-13-11-24(31-26)21-18-29-34(19-21)25(10-12-27)20-4-2-3-5-20/h6-9,11,13,18-20,25H,2-5,10,14-17H2,1H3,(H,28,30,31). The molecule has 1 atom stereocenters. The molecular formula is C26H32N8O2S. The molecule has 2 aliphatic rings. The van der Waals surface area contributed by atoms with Crippen molar-refractivity contribution >= 4 is 27.3 Å². The molecule has 3 aromatic rings.